The zero-order valence-electron chi connectivity index (χ0n) is 23.8. The molecule has 8 heteroatoms. The van der Waals surface area contributed by atoms with Crippen LogP contribution in [0.15, 0.2) is 36.4 Å². The Bertz CT molecular complexity index is 1160. The number of hydrogen-bond acceptors (Lipinski definition) is 5. The molecule has 5 aliphatic rings. The molecule has 1 aromatic rings. The Hall–Kier alpha value is -2.87. The molecule has 5 atom stereocenters. The molecule has 3 amide bonds. The van der Waals surface area contributed by atoms with Crippen LogP contribution in [-0.4, -0.2) is 65.6 Å². The van der Waals surface area contributed by atoms with Crippen LogP contribution in [0.2, 0.25) is 0 Å². The number of likely N-dealkylation sites (tertiary alicyclic amines) is 1. The SMILES string of the molecule is COc1ccc(CCN2C(=O)[C@@H]3[C@H](C(=O)NC4CCCCC4)[C@]4(C)C=C[C@@]3(O4)[C@H]2C(=O)NC2CCCCC2)cc1. The Labute approximate surface area is 237 Å². The van der Waals surface area contributed by atoms with Crippen molar-refractivity contribution < 1.29 is 23.9 Å². The lowest BCUT2D eigenvalue weighted by Gasteiger charge is -2.34. The molecule has 1 aromatic carbocycles. The van der Waals surface area contributed by atoms with Gasteiger partial charge in [-0.05, 0) is 56.7 Å². The molecule has 2 aliphatic carbocycles. The van der Waals surface area contributed by atoms with Gasteiger partial charge in [-0.25, -0.2) is 0 Å². The van der Waals surface area contributed by atoms with Crippen molar-refractivity contribution in [3.63, 3.8) is 0 Å². The first-order valence-corrected chi connectivity index (χ1v) is 15.3. The number of hydrogen-bond donors (Lipinski definition) is 2. The van der Waals surface area contributed by atoms with Gasteiger partial charge < -0.3 is 25.0 Å². The monoisotopic (exact) mass is 549 g/mol. The number of fused-ring (bicyclic) bond motifs is 1. The van der Waals surface area contributed by atoms with Gasteiger partial charge in [0.25, 0.3) is 0 Å². The highest BCUT2D eigenvalue weighted by molar-refractivity contribution is 6.00. The third-order valence-electron chi connectivity index (χ3n) is 10.0. The van der Waals surface area contributed by atoms with E-state index in [1.54, 1.807) is 12.0 Å². The molecule has 0 radical (unpaired) electrons. The number of amides is 3. The molecule has 40 heavy (non-hydrogen) atoms. The van der Waals surface area contributed by atoms with E-state index in [0.29, 0.717) is 13.0 Å². The molecule has 1 spiro atoms. The van der Waals surface area contributed by atoms with Crippen LogP contribution in [-0.2, 0) is 25.5 Å². The van der Waals surface area contributed by atoms with Crippen LogP contribution in [0.1, 0.15) is 76.7 Å². The van der Waals surface area contributed by atoms with E-state index in [1.807, 2.05) is 43.3 Å². The maximum atomic E-state index is 14.3. The summed E-state index contributed by atoms with van der Waals surface area (Å²) in [5, 5.41) is 6.53. The molecular weight excluding hydrogens is 506 g/mol. The van der Waals surface area contributed by atoms with Crippen molar-refractivity contribution >= 4 is 17.7 Å². The van der Waals surface area contributed by atoms with E-state index in [4.69, 9.17) is 9.47 Å². The zero-order valence-corrected chi connectivity index (χ0v) is 23.8. The van der Waals surface area contributed by atoms with Crippen molar-refractivity contribution in [2.75, 3.05) is 13.7 Å². The molecule has 6 rings (SSSR count). The van der Waals surface area contributed by atoms with Gasteiger partial charge in [-0.3, -0.25) is 14.4 Å². The molecule has 8 nitrogen and oxygen atoms in total. The Morgan fingerprint density at radius 2 is 1.52 bits per heavy atom. The van der Waals surface area contributed by atoms with Crippen LogP contribution in [0, 0.1) is 11.8 Å². The third-order valence-corrected chi connectivity index (χ3v) is 10.0. The van der Waals surface area contributed by atoms with Crippen LogP contribution < -0.4 is 15.4 Å². The van der Waals surface area contributed by atoms with Crippen LogP contribution in [0.5, 0.6) is 5.75 Å². The Balaban J connectivity index is 1.28. The van der Waals surface area contributed by atoms with E-state index in [2.05, 4.69) is 10.6 Å². The lowest BCUT2D eigenvalue weighted by atomic mass is 9.70. The van der Waals surface area contributed by atoms with E-state index in [-0.39, 0.29) is 29.8 Å². The molecule has 4 fully saturated rings. The van der Waals surface area contributed by atoms with Crippen LogP contribution in [0.4, 0.5) is 0 Å². The molecule has 2 bridgehead atoms. The second-order valence-electron chi connectivity index (χ2n) is 12.6. The van der Waals surface area contributed by atoms with Gasteiger partial charge in [0.15, 0.2) is 0 Å². The Morgan fingerprint density at radius 1 is 0.925 bits per heavy atom. The first-order chi connectivity index (χ1) is 19.3. The molecule has 2 N–H and O–H groups in total. The second kappa shape index (κ2) is 10.8. The number of ether oxygens (including phenoxy) is 2. The fourth-order valence-electron chi connectivity index (χ4n) is 7.98. The van der Waals surface area contributed by atoms with Gasteiger partial charge >= 0.3 is 0 Å². The van der Waals surface area contributed by atoms with Crippen molar-refractivity contribution in [1.82, 2.24) is 15.5 Å². The number of carbonyl (C=O) groups excluding carboxylic acids is 3. The molecular formula is C32H43N3O5. The highest BCUT2D eigenvalue weighted by Gasteiger charge is 2.76. The number of carbonyl (C=O) groups is 3. The first kappa shape index (κ1) is 27.3. The maximum absolute atomic E-state index is 14.3. The average Bonchev–Trinajstić information content (AvgIpc) is 3.53. The van der Waals surface area contributed by atoms with Crippen molar-refractivity contribution in [2.45, 2.75) is 107 Å². The number of benzene rings is 1. The summed E-state index contributed by atoms with van der Waals surface area (Å²) in [5.41, 5.74) is -1.00. The van der Waals surface area contributed by atoms with Crippen molar-refractivity contribution in [3.05, 3.63) is 42.0 Å². The Morgan fingerprint density at radius 3 is 2.12 bits per heavy atom. The quantitative estimate of drug-likeness (QED) is 0.483. The van der Waals surface area contributed by atoms with Gasteiger partial charge in [0.1, 0.15) is 17.4 Å². The smallest absolute Gasteiger partial charge is 0.246 e. The maximum Gasteiger partial charge on any atom is 0.246 e. The lowest BCUT2D eigenvalue weighted by molar-refractivity contribution is -0.145. The summed E-state index contributed by atoms with van der Waals surface area (Å²) >= 11 is 0. The molecule has 2 saturated carbocycles. The summed E-state index contributed by atoms with van der Waals surface area (Å²) in [6.07, 6.45) is 15.1. The van der Waals surface area contributed by atoms with Crippen LogP contribution in [0.25, 0.3) is 0 Å². The largest absolute Gasteiger partial charge is 0.497 e. The van der Waals surface area contributed by atoms with Gasteiger partial charge in [0.2, 0.25) is 17.7 Å². The summed E-state index contributed by atoms with van der Waals surface area (Å²) in [5.74, 6) is -1.06. The van der Waals surface area contributed by atoms with Gasteiger partial charge in [-0.15, -0.1) is 0 Å². The van der Waals surface area contributed by atoms with Gasteiger partial charge in [0.05, 0.1) is 24.5 Å². The standard InChI is InChI=1S/C32H43N3O5/c1-31-18-19-32(40-31)26(25(31)28(36)33-22-9-5-3-6-10-22)30(38)35(20-17-21-13-15-24(39-2)16-14-21)27(32)29(37)34-23-11-7-4-8-12-23/h13-16,18-19,22-23,25-27H,3-12,17,20H2,1-2H3,(H,33,36)(H,34,37)/t25-,26+,27-,31+,32+/m1/s1. The van der Waals surface area contributed by atoms with E-state index >= 15 is 0 Å². The van der Waals surface area contributed by atoms with Crippen LogP contribution in [0.3, 0.4) is 0 Å². The predicted octanol–water partition coefficient (Wildman–Crippen LogP) is 3.68. The topological polar surface area (TPSA) is 97.0 Å². The summed E-state index contributed by atoms with van der Waals surface area (Å²) in [6, 6.07) is 7.22. The number of nitrogens with zero attached hydrogens (tertiary/aromatic N) is 1. The second-order valence-corrected chi connectivity index (χ2v) is 12.6. The highest BCUT2D eigenvalue weighted by Crippen LogP contribution is 2.59. The fraction of sp³-hybridized carbons (Fsp3) is 0.656. The van der Waals surface area contributed by atoms with Gasteiger partial charge in [-0.1, -0.05) is 62.8 Å². The van der Waals surface area contributed by atoms with Gasteiger partial charge in [-0.2, -0.15) is 0 Å². The summed E-state index contributed by atoms with van der Waals surface area (Å²) in [6.45, 7) is 2.27. The molecule has 3 aliphatic heterocycles. The minimum Gasteiger partial charge on any atom is -0.497 e. The predicted molar refractivity (Wildman–Crippen MR) is 151 cm³/mol. The van der Waals surface area contributed by atoms with Crippen molar-refractivity contribution in [3.8, 4) is 5.75 Å². The summed E-state index contributed by atoms with van der Waals surface area (Å²) in [4.78, 5) is 43.9. The molecule has 3 heterocycles. The minimum atomic E-state index is -1.14. The average molecular weight is 550 g/mol. The lowest BCUT2D eigenvalue weighted by Crippen LogP contribution is -2.57. The van der Waals surface area contributed by atoms with Crippen molar-refractivity contribution in [2.24, 2.45) is 11.8 Å². The van der Waals surface area contributed by atoms with Crippen molar-refractivity contribution in [1.29, 1.82) is 0 Å². The fourth-order valence-corrected chi connectivity index (χ4v) is 7.98. The van der Waals surface area contributed by atoms with E-state index in [9.17, 15) is 14.4 Å². The normalized spacial score (nSPS) is 33.7. The van der Waals surface area contributed by atoms with E-state index in [1.165, 1.54) is 12.8 Å². The highest BCUT2D eigenvalue weighted by atomic mass is 16.5. The Kier molecular flexibility index (Phi) is 7.40. The molecule has 0 aromatic heterocycles. The number of rotatable bonds is 8. The number of nitrogens with one attached hydrogen (secondary N) is 2. The van der Waals surface area contributed by atoms with E-state index < -0.39 is 29.1 Å². The van der Waals surface area contributed by atoms with Crippen LogP contribution >= 0.6 is 0 Å². The molecule has 2 saturated heterocycles. The minimum absolute atomic E-state index is 0.110. The number of methoxy groups -OCH3 is 1. The van der Waals surface area contributed by atoms with E-state index in [0.717, 1.165) is 62.7 Å². The third kappa shape index (κ3) is 4.72. The van der Waals surface area contributed by atoms with Gasteiger partial charge in [0, 0.05) is 18.6 Å². The molecule has 216 valence electrons. The summed E-state index contributed by atoms with van der Waals surface area (Å²) in [7, 11) is 1.63. The zero-order chi connectivity index (χ0) is 27.9. The molecule has 0 unspecified atom stereocenters. The summed E-state index contributed by atoms with van der Waals surface area (Å²) < 4.78 is 12.0. The first-order valence-electron chi connectivity index (χ1n) is 15.3.